The molecule has 0 saturated heterocycles. The maximum absolute atomic E-state index is 6.10. The standard InChI is InChI=1S/C15H14Cl2O2/c1-18-14-8-4-6-11(9-16)15(14)19-10-12-5-2-3-7-13(12)17/h2-8H,9-10H2,1H3. The smallest absolute Gasteiger partial charge is 0.166 e. The van der Waals surface area contributed by atoms with Crippen molar-refractivity contribution >= 4 is 23.2 Å². The molecule has 0 fully saturated rings. The maximum atomic E-state index is 6.10. The maximum Gasteiger partial charge on any atom is 0.166 e. The van der Waals surface area contributed by atoms with Crippen molar-refractivity contribution in [2.75, 3.05) is 7.11 Å². The number of benzene rings is 2. The third kappa shape index (κ3) is 3.34. The molecule has 0 N–H and O–H groups in total. The summed E-state index contributed by atoms with van der Waals surface area (Å²) < 4.78 is 11.1. The van der Waals surface area contributed by atoms with E-state index in [0.717, 1.165) is 11.1 Å². The van der Waals surface area contributed by atoms with Crippen LogP contribution in [0.5, 0.6) is 11.5 Å². The first kappa shape index (κ1) is 14.0. The molecule has 2 aromatic carbocycles. The third-order valence-corrected chi connectivity index (χ3v) is 3.41. The van der Waals surface area contributed by atoms with Crippen LogP contribution in [0.15, 0.2) is 42.5 Å². The molecule has 0 aliphatic rings. The SMILES string of the molecule is COc1cccc(CCl)c1OCc1ccccc1Cl. The van der Waals surface area contributed by atoms with E-state index in [4.69, 9.17) is 32.7 Å². The average Bonchev–Trinajstić information content (AvgIpc) is 2.46. The highest BCUT2D eigenvalue weighted by atomic mass is 35.5. The lowest BCUT2D eigenvalue weighted by Crippen LogP contribution is -2.00. The Balaban J connectivity index is 2.21. The Morgan fingerprint density at radius 3 is 2.42 bits per heavy atom. The van der Waals surface area contributed by atoms with Crippen LogP contribution < -0.4 is 9.47 Å². The zero-order valence-corrected chi connectivity index (χ0v) is 12.0. The summed E-state index contributed by atoms with van der Waals surface area (Å²) in [6.07, 6.45) is 0. The summed E-state index contributed by atoms with van der Waals surface area (Å²) in [6.45, 7) is 0.379. The van der Waals surface area contributed by atoms with Gasteiger partial charge in [0.25, 0.3) is 0 Å². The van der Waals surface area contributed by atoms with Gasteiger partial charge in [-0.05, 0) is 12.1 Å². The molecule has 0 atom stereocenters. The third-order valence-electron chi connectivity index (χ3n) is 2.75. The van der Waals surface area contributed by atoms with Gasteiger partial charge in [-0.3, -0.25) is 0 Å². The highest BCUT2D eigenvalue weighted by Gasteiger charge is 2.10. The quantitative estimate of drug-likeness (QED) is 0.747. The van der Waals surface area contributed by atoms with Gasteiger partial charge >= 0.3 is 0 Å². The summed E-state index contributed by atoms with van der Waals surface area (Å²) in [7, 11) is 1.61. The van der Waals surface area contributed by atoms with Gasteiger partial charge in [-0.25, -0.2) is 0 Å². The predicted octanol–water partition coefficient (Wildman–Crippen LogP) is 4.67. The first-order chi connectivity index (χ1) is 9.26. The molecule has 0 radical (unpaired) electrons. The molecule has 0 aliphatic heterocycles. The Morgan fingerprint density at radius 2 is 1.74 bits per heavy atom. The fourth-order valence-corrected chi connectivity index (χ4v) is 2.16. The van der Waals surface area contributed by atoms with Crippen LogP contribution in [-0.2, 0) is 12.5 Å². The van der Waals surface area contributed by atoms with Crippen LogP contribution in [0.4, 0.5) is 0 Å². The van der Waals surface area contributed by atoms with Gasteiger partial charge in [0.2, 0.25) is 0 Å². The molecule has 100 valence electrons. The Kier molecular flexibility index (Phi) is 4.94. The Bertz CT molecular complexity index is 533. The van der Waals surface area contributed by atoms with Crippen molar-refractivity contribution in [3.63, 3.8) is 0 Å². The molecule has 0 aliphatic carbocycles. The minimum Gasteiger partial charge on any atom is -0.493 e. The normalized spacial score (nSPS) is 10.3. The van der Waals surface area contributed by atoms with Gasteiger partial charge in [-0.2, -0.15) is 0 Å². The first-order valence-electron chi connectivity index (χ1n) is 5.84. The summed E-state index contributed by atoms with van der Waals surface area (Å²) in [4.78, 5) is 0. The van der Waals surface area contributed by atoms with Gasteiger partial charge in [0.05, 0.1) is 13.0 Å². The molecular formula is C15H14Cl2O2. The molecule has 0 bridgehead atoms. The lowest BCUT2D eigenvalue weighted by molar-refractivity contribution is 0.282. The molecule has 0 amide bonds. The van der Waals surface area contributed by atoms with Gasteiger partial charge in [-0.1, -0.05) is 41.9 Å². The molecule has 0 unspecified atom stereocenters. The lowest BCUT2D eigenvalue weighted by atomic mass is 10.2. The van der Waals surface area contributed by atoms with E-state index in [0.29, 0.717) is 29.0 Å². The zero-order chi connectivity index (χ0) is 13.7. The number of para-hydroxylation sites is 1. The van der Waals surface area contributed by atoms with Crippen molar-refractivity contribution in [2.24, 2.45) is 0 Å². The van der Waals surface area contributed by atoms with Crippen molar-refractivity contribution in [1.82, 2.24) is 0 Å². The van der Waals surface area contributed by atoms with Crippen molar-refractivity contribution in [2.45, 2.75) is 12.5 Å². The second kappa shape index (κ2) is 6.69. The van der Waals surface area contributed by atoms with Crippen LogP contribution >= 0.6 is 23.2 Å². The highest BCUT2D eigenvalue weighted by molar-refractivity contribution is 6.31. The van der Waals surface area contributed by atoms with Crippen LogP contribution in [0.25, 0.3) is 0 Å². The van der Waals surface area contributed by atoms with Gasteiger partial charge in [0.1, 0.15) is 6.61 Å². The number of methoxy groups -OCH3 is 1. The molecule has 0 aromatic heterocycles. The fraction of sp³-hybridized carbons (Fsp3) is 0.200. The largest absolute Gasteiger partial charge is 0.493 e. The van der Waals surface area contributed by atoms with Gasteiger partial charge in [-0.15, -0.1) is 11.6 Å². The van der Waals surface area contributed by atoms with E-state index in [1.165, 1.54) is 0 Å². The number of halogens is 2. The number of ether oxygens (including phenoxy) is 2. The Hall–Kier alpha value is -1.38. The lowest BCUT2D eigenvalue weighted by Gasteiger charge is -2.14. The summed E-state index contributed by atoms with van der Waals surface area (Å²) in [5, 5.41) is 0.685. The molecule has 4 heteroatoms. The van der Waals surface area contributed by atoms with Crippen LogP contribution in [0.3, 0.4) is 0 Å². The van der Waals surface area contributed by atoms with Gasteiger partial charge in [0.15, 0.2) is 11.5 Å². The molecular weight excluding hydrogens is 283 g/mol. The molecule has 0 spiro atoms. The first-order valence-corrected chi connectivity index (χ1v) is 6.75. The summed E-state index contributed by atoms with van der Waals surface area (Å²) >= 11 is 12.0. The average molecular weight is 297 g/mol. The molecule has 0 saturated carbocycles. The number of alkyl halides is 1. The van der Waals surface area contributed by atoms with Gasteiger partial charge < -0.3 is 9.47 Å². The van der Waals surface area contributed by atoms with E-state index in [9.17, 15) is 0 Å². The summed E-state index contributed by atoms with van der Waals surface area (Å²) in [5.74, 6) is 1.71. The zero-order valence-electron chi connectivity index (χ0n) is 10.5. The Morgan fingerprint density at radius 1 is 1.00 bits per heavy atom. The molecule has 0 heterocycles. The molecule has 2 rings (SSSR count). The predicted molar refractivity (Wildman–Crippen MR) is 78.3 cm³/mol. The number of rotatable bonds is 5. The van der Waals surface area contributed by atoms with Crippen molar-refractivity contribution < 1.29 is 9.47 Å². The van der Waals surface area contributed by atoms with Crippen LogP contribution in [0.2, 0.25) is 5.02 Å². The molecule has 19 heavy (non-hydrogen) atoms. The van der Waals surface area contributed by atoms with E-state index in [-0.39, 0.29) is 0 Å². The minimum atomic E-state index is 0.370. The van der Waals surface area contributed by atoms with Crippen molar-refractivity contribution in [3.05, 3.63) is 58.6 Å². The van der Waals surface area contributed by atoms with E-state index in [2.05, 4.69) is 0 Å². The summed E-state index contributed by atoms with van der Waals surface area (Å²) in [5.41, 5.74) is 1.82. The number of hydrogen-bond donors (Lipinski definition) is 0. The Labute approximate surface area is 122 Å². The van der Waals surface area contributed by atoms with E-state index >= 15 is 0 Å². The van der Waals surface area contributed by atoms with E-state index in [1.54, 1.807) is 7.11 Å². The van der Waals surface area contributed by atoms with Crippen LogP contribution in [-0.4, -0.2) is 7.11 Å². The molecule has 2 aromatic rings. The van der Waals surface area contributed by atoms with E-state index < -0.39 is 0 Å². The van der Waals surface area contributed by atoms with Crippen molar-refractivity contribution in [1.29, 1.82) is 0 Å². The highest BCUT2D eigenvalue weighted by Crippen LogP contribution is 2.33. The van der Waals surface area contributed by atoms with E-state index in [1.807, 2.05) is 42.5 Å². The summed E-state index contributed by atoms with van der Waals surface area (Å²) in [6, 6.07) is 13.2. The monoisotopic (exact) mass is 296 g/mol. The second-order valence-corrected chi connectivity index (χ2v) is 4.64. The minimum absolute atomic E-state index is 0.370. The topological polar surface area (TPSA) is 18.5 Å². The van der Waals surface area contributed by atoms with Crippen LogP contribution in [0, 0.1) is 0 Å². The van der Waals surface area contributed by atoms with Crippen molar-refractivity contribution in [3.8, 4) is 11.5 Å². The van der Waals surface area contributed by atoms with Crippen LogP contribution in [0.1, 0.15) is 11.1 Å². The second-order valence-electron chi connectivity index (χ2n) is 3.96. The van der Waals surface area contributed by atoms with Gasteiger partial charge in [0, 0.05) is 16.1 Å². The number of hydrogen-bond acceptors (Lipinski definition) is 2. The fourth-order valence-electron chi connectivity index (χ4n) is 1.76. The molecule has 2 nitrogen and oxygen atoms in total.